The van der Waals surface area contributed by atoms with E-state index in [-0.39, 0.29) is 41.9 Å². The number of piperidine rings is 1. The number of nitrogens with zero attached hydrogens (tertiary/aromatic N) is 2. The molecule has 3 rings (SSSR count). The first kappa shape index (κ1) is 27.8. The molecule has 2 aliphatic rings. The fourth-order valence-corrected chi connectivity index (χ4v) is 4.31. The molecule has 2 unspecified atom stereocenters. The molecule has 0 radical (unpaired) electrons. The predicted molar refractivity (Wildman–Crippen MR) is 142 cm³/mol. The van der Waals surface area contributed by atoms with Crippen LogP contribution >= 0.6 is 24.0 Å². The summed E-state index contributed by atoms with van der Waals surface area (Å²) in [6.07, 6.45) is 5.40. The number of aliphatic imine (C=N–C) groups is 1. The normalized spacial score (nSPS) is 21.4. The number of rotatable bonds is 11. The second-order valence-corrected chi connectivity index (χ2v) is 8.71. The number of halogens is 1. The third-order valence-electron chi connectivity index (χ3n) is 6.07. The maximum Gasteiger partial charge on any atom is 0.221 e. The van der Waals surface area contributed by atoms with Crippen molar-refractivity contribution in [3.8, 4) is 0 Å². The molecule has 2 fully saturated rings. The average Bonchev–Trinajstić information content (AvgIpc) is 3.32. The van der Waals surface area contributed by atoms with Crippen molar-refractivity contribution in [2.45, 2.75) is 51.3 Å². The molecule has 1 amide bonds. The van der Waals surface area contributed by atoms with Gasteiger partial charge in [0, 0.05) is 46.4 Å². The van der Waals surface area contributed by atoms with Crippen molar-refractivity contribution < 1.29 is 14.3 Å². The van der Waals surface area contributed by atoms with Crippen molar-refractivity contribution in [2.75, 3.05) is 46.5 Å². The van der Waals surface area contributed by atoms with Gasteiger partial charge < -0.3 is 25.8 Å². The van der Waals surface area contributed by atoms with Crippen LogP contribution < -0.4 is 16.4 Å². The predicted octanol–water partition coefficient (Wildman–Crippen LogP) is 2.25. The van der Waals surface area contributed by atoms with Crippen LogP contribution in [0.2, 0.25) is 0 Å². The number of hydrogen-bond donors (Lipinski definition) is 3. The first-order chi connectivity index (χ1) is 15.6. The summed E-state index contributed by atoms with van der Waals surface area (Å²) in [7, 11) is 1.78. The average molecular weight is 574 g/mol. The monoisotopic (exact) mass is 573 g/mol. The zero-order chi connectivity index (χ0) is 22.6. The summed E-state index contributed by atoms with van der Waals surface area (Å²) in [6.45, 7) is 6.41. The summed E-state index contributed by atoms with van der Waals surface area (Å²) >= 11 is 0. The van der Waals surface area contributed by atoms with Crippen molar-refractivity contribution in [2.24, 2.45) is 16.6 Å². The van der Waals surface area contributed by atoms with Crippen molar-refractivity contribution in [3.63, 3.8) is 0 Å². The Hall–Kier alpha value is -1.43. The van der Waals surface area contributed by atoms with Gasteiger partial charge in [-0.15, -0.1) is 24.0 Å². The number of primary amides is 1. The van der Waals surface area contributed by atoms with E-state index in [2.05, 4.69) is 44.8 Å². The number of likely N-dealkylation sites (tertiary alicyclic amines) is 1. The van der Waals surface area contributed by atoms with E-state index >= 15 is 0 Å². The number of guanidine groups is 1. The second kappa shape index (κ2) is 15.5. The van der Waals surface area contributed by atoms with Gasteiger partial charge >= 0.3 is 0 Å². The van der Waals surface area contributed by atoms with E-state index < -0.39 is 0 Å². The molecular formula is C24H40IN5O3. The van der Waals surface area contributed by atoms with E-state index in [4.69, 9.17) is 15.2 Å². The van der Waals surface area contributed by atoms with Gasteiger partial charge in [0.1, 0.15) is 0 Å². The summed E-state index contributed by atoms with van der Waals surface area (Å²) in [5.74, 6) is 0.584. The third-order valence-corrected chi connectivity index (χ3v) is 6.07. The van der Waals surface area contributed by atoms with Gasteiger partial charge in [0.2, 0.25) is 5.91 Å². The van der Waals surface area contributed by atoms with Gasteiger partial charge in [-0.2, -0.15) is 0 Å². The lowest BCUT2D eigenvalue weighted by Crippen LogP contribution is -2.40. The molecule has 1 aromatic rings. The molecule has 9 heteroatoms. The highest BCUT2D eigenvalue weighted by molar-refractivity contribution is 14.0. The van der Waals surface area contributed by atoms with Crippen molar-refractivity contribution in [1.29, 1.82) is 0 Å². The number of carbonyl (C=O) groups is 1. The van der Waals surface area contributed by atoms with Crippen LogP contribution in [0.4, 0.5) is 0 Å². The summed E-state index contributed by atoms with van der Waals surface area (Å²) in [4.78, 5) is 18.2. The van der Waals surface area contributed by atoms with E-state index in [1.807, 2.05) is 0 Å². The Balaban J connectivity index is 0.00000385. The van der Waals surface area contributed by atoms with E-state index in [9.17, 15) is 4.79 Å². The summed E-state index contributed by atoms with van der Waals surface area (Å²) < 4.78 is 11.3. The maximum absolute atomic E-state index is 11.5. The van der Waals surface area contributed by atoms with Crippen LogP contribution in [0.1, 0.15) is 43.2 Å². The molecule has 186 valence electrons. The lowest BCUT2D eigenvalue weighted by Gasteiger charge is -2.31. The van der Waals surface area contributed by atoms with Gasteiger partial charge in [0.05, 0.1) is 18.6 Å². The molecule has 2 aliphatic heterocycles. The standard InChI is InChI=1S/C24H39N5O3.HI/c1-26-24(27-10-5-12-31-18-22-9-4-13-32-22)28-15-19-6-2-7-20(14-19)16-29-11-3-8-21(17-29)23(25)30;/h2,6-7,14,21-22H,3-5,8-13,15-18H2,1H3,(H2,25,30)(H2,26,27,28);1H. The largest absolute Gasteiger partial charge is 0.379 e. The molecule has 0 spiro atoms. The Bertz CT molecular complexity index is 743. The molecule has 0 saturated carbocycles. The number of nitrogens with two attached hydrogens (primary N) is 1. The topological polar surface area (TPSA) is 101 Å². The van der Waals surface area contributed by atoms with Gasteiger partial charge in [-0.1, -0.05) is 24.3 Å². The number of benzene rings is 1. The Labute approximate surface area is 215 Å². The molecule has 0 bridgehead atoms. The van der Waals surface area contributed by atoms with Crippen LogP contribution in [-0.2, 0) is 27.4 Å². The number of carbonyl (C=O) groups excluding carboxylic acids is 1. The minimum Gasteiger partial charge on any atom is -0.379 e. The summed E-state index contributed by atoms with van der Waals surface area (Å²) in [6, 6.07) is 8.56. The lowest BCUT2D eigenvalue weighted by atomic mass is 9.97. The molecule has 2 saturated heterocycles. The van der Waals surface area contributed by atoms with Crippen molar-refractivity contribution in [3.05, 3.63) is 35.4 Å². The summed E-state index contributed by atoms with van der Waals surface area (Å²) in [5, 5.41) is 6.72. The van der Waals surface area contributed by atoms with E-state index in [0.717, 1.165) is 77.5 Å². The van der Waals surface area contributed by atoms with Crippen molar-refractivity contribution in [1.82, 2.24) is 15.5 Å². The molecule has 2 heterocycles. The van der Waals surface area contributed by atoms with Gasteiger partial charge in [-0.05, 0) is 49.8 Å². The quantitative estimate of drug-likeness (QED) is 0.163. The minimum absolute atomic E-state index is 0. The maximum atomic E-state index is 11.5. The minimum atomic E-state index is -0.180. The Kier molecular flexibility index (Phi) is 13.0. The molecule has 8 nitrogen and oxygen atoms in total. The van der Waals surface area contributed by atoms with Gasteiger partial charge in [0.25, 0.3) is 0 Å². The number of nitrogens with one attached hydrogen (secondary N) is 2. The van der Waals surface area contributed by atoms with E-state index in [1.165, 1.54) is 11.1 Å². The van der Waals surface area contributed by atoms with Crippen LogP contribution in [-0.4, -0.2) is 69.4 Å². The SMILES string of the molecule is CN=C(NCCCOCC1CCCO1)NCc1cccc(CN2CCCC(C(N)=O)C2)c1.I. The van der Waals surface area contributed by atoms with Crippen LogP contribution in [0.15, 0.2) is 29.3 Å². The van der Waals surface area contributed by atoms with Crippen LogP contribution in [0.3, 0.4) is 0 Å². The fourth-order valence-electron chi connectivity index (χ4n) is 4.31. The molecule has 1 aromatic carbocycles. The Morgan fingerprint density at radius 3 is 2.88 bits per heavy atom. The zero-order valence-corrected chi connectivity index (χ0v) is 22.1. The Morgan fingerprint density at radius 2 is 2.12 bits per heavy atom. The lowest BCUT2D eigenvalue weighted by molar-refractivity contribution is -0.123. The van der Waals surface area contributed by atoms with Gasteiger partial charge in [-0.3, -0.25) is 14.7 Å². The molecule has 0 aromatic heterocycles. The highest BCUT2D eigenvalue weighted by atomic mass is 127. The van der Waals surface area contributed by atoms with Crippen LogP contribution in [0, 0.1) is 5.92 Å². The third kappa shape index (κ3) is 10.2. The van der Waals surface area contributed by atoms with Crippen LogP contribution in [0.5, 0.6) is 0 Å². The molecule has 4 N–H and O–H groups in total. The van der Waals surface area contributed by atoms with Gasteiger partial charge in [-0.25, -0.2) is 0 Å². The van der Waals surface area contributed by atoms with Gasteiger partial charge in [0.15, 0.2) is 5.96 Å². The second-order valence-electron chi connectivity index (χ2n) is 8.71. The van der Waals surface area contributed by atoms with Crippen LogP contribution in [0.25, 0.3) is 0 Å². The zero-order valence-electron chi connectivity index (χ0n) is 19.8. The molecule has 2 atom stereocenters. The molecule has 0 aliphatic carbocycles. The molecular weight excluding hydrogens is 533 g/mol. The first-order valence-electron chi connectivity index (χ1n) is 11.9. The highest BCUT2D eigenvalue weighted by Crippen LogP contribution is 2.18. The van der Waals surface area contributed by atoms with E-state index in [1.54, 1.807) is 7.05 Å². The van der Waals surface area contributed by atoms with Crippen molar-refractivity contribution >= 4 is 35.8 Å². The number of ether oxygens (including phenoxy) is 2. The summed E-state index contributed by atoms with van der Waals surface area (Å²) in [5.41, 5.74) is 7.96. The first-order valence-corrected chi connectivity index (χ1v) is 11.9. The van der Waals surface area contributed by atoms with E-state index in [0.29, 0.717) is 13.2 Å². The smallest absolute Gasteiger partial charge is 0.221 e. The molecule has 33 heavy (non-hydrogen) atoms. The highest BCUT2D eigenvalue weighted by Gasteiger charge is 2.23. The number of hydrogen-bond acceptors (Lipinski definition) is 5. The Morgan fingerprint density at radius 1 is 1.27 bits per heavy atom. The fraction of sp³-hybridized carbons (Fsp3) is 0.667. The number of amides is 1.